The molecular weight excluding hydrogens is 575 g/mol. The zero-order valence-corrected chi connectivity index (χ0v) is 21.8. The average molecular weight is 595 g/mol. The van der Waals surface area contributed by atoms with Crippen LogP contribution in [0.5, 0.6) is 5.75 Å². The highest BCUT2D eigenvalue weighted by Gasteiger charge is 2.57. The predicted molar refractivity (Wildman–Crippen MR) is 137 cm³/mol. The number of hydrogen-bond donors (Lipinski definition) is 4. The molecule has 5 rings (SSSR count). The van der Waals surface area contributed by atoms with Crippen LogP contribution in [-0.2, 0) is 15.8 Å². The summed E-state index contributed by atoms with van der Waals surface area (Å²) < 4.78 is 76.9. The third kappa shape index (κ3) is 4.74. The summed E-state index contributed by atoms with van der Waals surface area (Å²) >= 11 is 5.81. The smallest absolute Gasteiger partial charge is 0.424 e. The van der Waals surface area contributed by atoms with Gasteiger partial charge in [0.1, 0.15) is 40.8 Å². The fourth-order valence-electron chi connectivity index (χ4n) is 4.52. The van der Waals surface area contributed by atoms with Crippen LogP contribution in [0.2, 0.25) is 5.02 Å². The SMILES string of the molecule is C[C@]1(C(N)=O)COc2c1cc(C(O)(CNC(=O)c1cc3c(F)cc(Cl)cc3[nH]1)C(F)(F)F)nc2-c1ccc(F)cc1. The van der Waals surface area contributed by atoms with Crippen molar-refractivity contribution in [2.24, 2.45) is 5.73 Å². The average Bonchev–Trinajstić information content (AvgIpc) is 3.49. The van der Waals surface area contributed by atoms with Crippen molar-refractivity contribution < 1.29 is 41.4 Å². The molecule has 2 atom stereocenters. The Morgan fingerprint density at radius 1 is 1.17 bits per heavy atom. The van der Waals surface area contributed by atoms with Crippen LogP contribution in [0.1, 0.15) is 28.7 Å². The number of nitrogens with one attached hydrogen (secondary N) is 2. The Kier molecular flexibility index (Phi) is 6.70. The van der Waals surface area contributed by atoms with Crippen molar-refractivity contribution in [3.8, 4) is 17.0 Å². The van der Waals surface area contributed by atoms with E-state index >= 15 is 0 Å². The van der Waals surface area contributed by atoms with Crippen molar-refractivity contribution >= 4 is 34.3 Å². The highest BCUT2D eigenvalue weighted by molar-refractivity contribution is 6.31. The van der Waals surface area contributed by atoms with Crippen LogP contribution in [0.4, 0.5) is 22.0 Å². The molecule has 1 aliphatic rings. The zero-order valence-electron chi connectivity index (χ0n) is 21.0. The number of hydrogen-bond acceptors (Lipinski definition) is 5. The quantitative estimate of drug-likeness (QED) is 0.245. The van der Waals surface area contributed by atoms with Crippen molar-refractivity contribution in [1.29, 1.82) is 0 Å². The number of aliphatic hydroxyl groups is 1. The Bertz CT molecular complexity index is 1710. The Morgan fingerprint density at radius 2 is 1.85 bits per heavy atom. The lowest BCUT2D eigenvalue weighted by Gasteiger charge is -2.31. The summed E-state index contributed by atoms with van der Waals surface area (Å²) in [6.45, 7) is -0.384. The molecule has 1 unspecified atom stereocenters. The van der Waals surface area contributed by atoms with Crippen LogP contribution < -0.4 is 15.8 Å². The number of carbonyl (C=O) groups excluding carboxylic acids is 2. The van der Waals surface area contributed by atoms with E-state index in [4.69, 9.17) is 22.1 Å². The fourth-order valence-corrected chi connectivity index (χ4v) is 4.73. The molecule has 0 aliphatic carbocycles. The molecule has 0 fully saturated rings. The molecule has 0 spiro atoms. The van der Waals surface area contributed by atoms with Gasteiger partial charge in [0.25, 0.3) is 5.91 Å². The van der Waals surface area contributed by atoms with Gasteiger partial charge >= 0.3 is 6.18 Å². The molecule has 4 aromatic rings. The molecule has 2 amide bonds. The molecule has 0 saturated heterocycles. The van der Waals surface area contributed by atoms with Crippen molar-refractivity contribution in [3.63, 3.8) is 0 Å². The van der Waals surface area contributed by atoms with Crippen LogP contribution in [0, 0.1) is 11.6 Å². The number of benzene rings is 2. The number of aromatic amines is 1. The Labute approximate surface area is 233 Å². The molecule has 1 aliphatic heterocycles. The first-order chi connectivity index (χ1) is 19.1. The summed E-state index contributed by atoms with van der Waals surface area (Å²) in [5, 5.41) is 13.1. The molecule has 2 aromatic carbocycles. The number of rotatable bonds is 6. The van der Waals surface area contributed by atoms with Gasteiger partial charge in [0.2, 0.25) is 11.5 Å². The van der Waals surface area contributed by atoms with Gasteiger partial charge < -0.3 is 25.9 Å². The number of H-pyrrole nitrogens is 1. The van der Waals surface area contributed by atoms with E-state index in [2.05, 4.69) is 9.97 Å². The summed E-state index contributed by atoms with van der Waals surface area (Å²) in [5.74, 6) is -3.45. The minimum atomic E-state index is -5.40. The largest absolute Gasteiger partial charge is 0.489 e. The van der Waals surface area contributed by atoms with E-state index in [9.17, 15) is 36.6 Å². The summed E-state index contributed by atoms with van der Waals surface area (Å²) in [4.78, 5) is 31.7. The third-order valence-corrected chi connectivity index (χ3v) is 7.25. The molecule has 41 heavy (non-hydrogen) atoms. The van der Waals surface area contributed by atoms with E-state index in [0.717, 1.165) is 30.3 Å². The van der Waals surface area contributed by atoms with Crippen molar-refractivity contribution in [2.45, 2.75) is 24.1 Å². The molecule has 14 heteroatoms. The molecule has 5 N–H and O–H groups in total. The number of ether oxygens (including phenoxy) is 1. The van der Waals surface area contributed by atoms with Gasteiger partial charge in [-0.05, 0) is 55.5 Å². The third-order valence-electron chi connectivity index (χ3n) is 7.03. The number of fused-ring (bicyclic) bond motifs is 2. The number of nitrogens with zero attached hydrogens (tertiary/aromatic N) is 1. The highest BCUT2D eigenvalue weighted by atomic mass is 35.5. The maximum absolute atomic E-state index is 14.5. The molecule has 0 bridgehead atoms. The number of carbonyl (C=O) groups is 2. The summed E-state index contributed by atoms with van der Waals surface area (Å²) in [6.07, 6.45) is -5.40. The number of nitrogens with two attached hydrogens (primary N) is 1. The standard InChI is InChI=1S/C27H20ClF5N4O4/c1-25(24(34)39)11-41-22-16(25)9-20(37-21(22)12-2-4-14(29)5-3-12)26(40,27(31,32)33)10-35-23(38)19-8-15-17(30)6-13(28)7-18(15)36-19/h2-9,36,40H,10-11H2,1H3,(H2,34,39)(H,35,38)/t25-,26?/m0/s1. The van der Waals surface area contributed by atoms with Crippen LogP contribution in [0.15, 0.2) is 48.5 Å². The van der Waals surface area contributed by atoms with E-state index in [1.807, 2.05) is 5.32 Å². The predicted octanol–water partition coefficient (Wildman–Crippen LogP) is 4.48. The normalized spacial score (nSPS) is 18.0. The van der Waals surface area contributed by atoms with E-state index in [1.165, 1.54) is 25.1 Å². The van der Waals surface area contributed by atoms with E-state index in [1.54, 1.807) is 0 Å². The molecule has 0 radical (unpaired) electrons. The van der Waals surface area contributed by atoms with E-state index < -0.39 is 52.9 Å². The number of alkyl halides is 3. The molecule has 2 aromatic heterocycles. The highest BCUT2D eigenvalue weighted by Crippen LogP contribution is 2.47. The summed E-state index contributed by atoms with van der Waals surface area (Å²) in [7, 11) is 0. The Morgan fingerprint density at radius 3 is 2.49 bits per heavy atom. The van der Waals surface area contributed by atoms with Crippen LogP contribution in [-0.4, -0.2) is 46.2 Å². The topological polar surface area (TPSA) is 130 Å². The van der Waals surface area contributed by atoms with Gasteiger partial charge in [-0.3, -0.25) is 9.59 Å². The van der Waals surface area contributed by atoms with Gasteiger partial charge in [-0.2, -0.15) is 13.2 Å². The molecule has 0 saturated carbocycles. The molecular formula is C27H20ClF5N4O4. The molecule has 8 nitrogen and oxygen atoms in total. The summed E-state index contributed by atoms with van der Waals surface area (Å²) in [5.41, 5.74) is -1.13. The lowest BCUT2D eigenvalue weighted by Crippen LogP contribution is -2.52. The van der Waals surface area contributed by atoms with Gasteiger partial charge in [-0.15, -0.1) is 0 Å². The number of amides is 2. The number of pyridine rings is 1. The minimum absolute atomic E-state index is 0.0272. The second kappa shape index (κ2) is 9.70. The molecule has 214 valence electrons. The lowest BCUT2D eigenvalue weighted by atomic mass is 9.81. The number of primary amides is 1. The van der Waals surface area contributed by atoms with Gasteiger partial charge in [-0.25, -0.2) is 13.8 Å². The van der Waals surface area contributed by atoms with Crippen molar-refractivity contribution in [1.82, 2.24) is 15.3 Å². The van der Waals surface area contributed by atoms with Gasteiger partial charge in [0.05, 0.1) is 17.8 Å². The van der Waals surface area contributed by atoms with Crippen LogP contribution in [0.25, 0.3) is 22.2 Å². The lowest BCUT2D eigenvalue weighted by molar-refractivity contribution is -0.265. The number of halogens is 6. The van der Waals surface area contributed by atoms with Gasteiger partial charge in [-0.1, -0.05) is 11.6 Å². The van der Waals surface area contributed by atoms with Gasteiger partial charge in [0.15, 0.2) is 0 Å². The van der Waals surface area contributed by atoms with Crippen molar-refractivity contribution in [2.75, 3.05) is 13.2 Å². The molecule has 3 heterocycles. The van der Waals surface area contributed by atoms with E-state index in [0.29, 0.717) is 0 Å². The number of aromatic nitrogens is 2. The first kappa shape index (κ1) is 28.3. The first-order valence-electron chi connectivity index (χ1n) is 11.9. The van der Waals surface area contributed by atoms with Crippen molar-refractivity contribution in [3.05, 3.63) is 82.1 Å². The fraction of sp³-hybridized carbons (Fsp3) is 0.222. The first-order valence-corrected chi connectivity index (χ1v) is 12.3. The zero-order chi connectivity index (χ0) is 29.9. The van der Waals surface area contributed by atoms with E-state index in [-0.39, 0.29) is 50.8 Å². The minimum Gasteiger partial charge on any atom is -0.489 e. The summed E-state index contributed by atoms with van der Waals surface area (Å²) in [6, 6.07) is 8.83. The second-order valence-corrected chi connectivity index (χ2v) is 10.2. The Balaban J connectivity index is 1.58. The maximum atomic E-state index is 14.5. The second-order valence-electron chi connectivity index (χ2n) is 9.80. The monoisotopic (exact) mass is 594 g/mol. The van der Waals surface area contributed by atoms with Crippen LogP contribution in [0.3, 0.4) is 0 Å². The Hall–Kier alpha value is -4.23. The maximum Gasteiger partial charge on any atom is 0.424 e. The van der Waals surface area contributed by atoms with Gasteiger partial charge in [0, 0.05) is 21.5 Å². The van der Waals surface area contributed by atoms with Crippen LogP contribution >= 0.6 is 11.6 Å².